The number of rotatable bonds is 5. The van der Waals surface area contributed by atoms with E-state index in [0.29, 0.717) is 18.2 Å². The average molecular weight is 332 g/mol. The van der Waals surface area contributed by atoms with Crippen LogP contribution >= 0.6 is 11.3 Å². The predicted molar refractivity (Wildman–Crippen MR) is 87.4 cm³/mol. The van der Waals surface area contributed by atoms with Crippen LogP contribution in [-0.4, -0.2) is 43.7 Å². The van der Waals surface area contributed by atoms with Crippen molar-refractivity contribution >= 4 is 17.2 Å². The highest BCUT2D eigenvalue weighted by atomic mass is 32.1. The molecule has 2 aromatic rings. The lowest BCUT2D eigenvalue weighted by Gasteiger charge is -2.27. The Hall–Kier alpha value is -1.63. The smallest absolute Gasteiger partial charge is 0.286 e. The van der Waals surface area contributed by atoms with Crippen molar-refractivity contribution < 1.29 is 13.9 Å². The molecule has 1 amide bonds. The number of amides is 1. The number of likely N-dealkylation sites (tertiary alicyclic amines) is 1. The quantitative estimate of drug-likeness (QED) is 0.912. The summed E-state index contributed by atoms with van der Waals surface area (Å²) in [6.07, 6.45) is 1.52. The van der Waals surface area contributed by atoms with Crippen LogP contribution in [0.2, 0.25) is 0 Å². The number of nitrogens with one attached hydrogen (secondary N) is 1. The third-order valence-corrected chi connectivity index (χ3v) is 5.76. The number of carbonyl (C=O) groups is 1. The Kier molecular flexibility index (Phi) is 3.97. The number of ether oxygens (including phenoxy) is 1. The van der Waals surface area contributed by atoms with Crippen LogP contribution < -0.4 is 5.32 Å². The minimum Gasteiger partial charge on any atom is -0.459 e. The van der Waals surface area contributed by atoms with Gasteiger partial charge < -0.3 is 14.5 Å². The fourth-order valence-electron chi connectivity index (χ4n) is 3.69. The molecule has 2 aromatic heterocycles. The summed E-state index contributed by atoms with van der Waals surface area (Å²) in [5.41, 5.74) is 0.0273. The van der Waals surface area contributed by atoms with Gasteiger partial charge in [-0.15, -0.1) is 11.3 Å². The standard InChI is InChI=1S/C17H20N2O3S/c20-16(15-4-1-5-22-15)18-10-17-11-19(7-13(17)9-21-12-17)8-14-3-2-6-23-14/h1-6,13H,7-12H2,(H,18,20)/t13-,17+/m1/s1. The summed E-state index contributed by atoms with van der Waals surface area (Å²) < 4.78 is 10.9. The molecule has 6 heteroatoms. The van der Waals surface area contributed by atoms with Gasteiger partial charge in [-0.3, -0.25) is 9.69 Å². The summed E-state index contributed by atoms with van der Waals surface area (Å²) in [6, 6.07) is 7.69. The molecule has 4 heterocycles. The summed E-state index contributed by atoms with van der Waals surface area (Å²) >= 11 is 1.80. The Morgan fingerprint density at radius 2 is 2.39 bits per heavy atom. The van der Waals surface area contributed by atoms with E-state index in [0.717, 1.165) is 32.8 Å². The number of thiophene rings is 1. The Labute approximate surface area is 139 Å². The van der Waals surface area contributed by atoms with E-state index in [1.165, 1.54) is 11.1 Å². The van der Waals surface area contributed by atoms with Gasteiger partial charge in [-0.05, 0) is 23.6 Å². The summed E-state index contributed by atoms with van der Waals surface area (Å²) in [7, 11) is 0. The van der Waals surface area contributed by atoms with Crippen LogP contribution in [0.3, 0.4) is 0 Å². The van der Waals surface area contributed by atoms with E-state index in [1.54, 1.807) is 23.5 Å². The van der Waals surface area contributed by atoms with Crippen molar-refractivity contribution in [1.29, 1.82) is 0 Å². The van der Waals surface area contributed by atoms with E-state index in [2.05, 4.69) is 27.7 Å². The normalized spacial score (nSPS) is 27.2. The Bertz CT molecular complexity index is 655. The Morgan fingerprint density at radius 1 is 1.43 bits per heavy atom. The van der Waals surface area contributed by atoms with Crippen molar-refractivity contribution in [2.75, 3.05) is 32.8 Å². The summed E-state index contributed by atoms with van der Waals surface area (Å²) in [4.78, 5) is 16.0. The highest BCUT2D eigenvalue weighted by Crippen LogP contribution is 2.41. The van der Waals surface area contributed by atoms with Crippen LogP contribution in [0.15, 0.2) is 40.3 Å². The first-order valence-corrected chi connectivity index (χ1v) is 8.77. The van der Waals surface area contributed by atoms with Crippen molar-refractivity contribution in [2.24, 2.45) is 11.3 Å². The summed E-state index contributed by atoms with van der Waals surface area (Å²) in [5, 5.41) is 5.15. The van der Waals surface area contributed by atoms with Gasteiger partial charge >= 0.3 is 0 Å². The monoisotopic (exact) mass is 332 g/mol. The van der Waals surface area contributed by atoms with E-state index in [1.807, 2.05) is 0 Å². The molecule has 0 aliphatic carbocycles. The van der Waals surface area contributed by atoms with Gasteiger partial charge in [0.15, 0.2) is 5.76 Å². The molecule has 2 aliphatic heterocycles. The van der Waals surface area contributed by atoms with Gasteiger partial charge in [-0.25, -0.2) is 0 Å². The molecule has 2 atom stereocenters. The number of nitrogens with zero attached hydrogens (tertiary/aromatic N) is 1. The van der Waals surface area contributed by atoms with Crippen LogP contribution in [0.25, 0.3) is 0 Å². The molecule has 2 saturated heterocycles. The number of hydrogen-bond acceptors (Lipinski definition) is 5. The fourth-order valence-corrected chi connectivity index (χ4v) is 4.43. The van der Waals surface area contributed by atoms with E-state index >= 15 is 0 Å². The highest BCUT2D eigenvalue weighted by Gasteiger charge is 2.50. The molecule has 0 radical (unpaired) electrons. The molecular formula is C17H20N2O3S. The second-order valence-corrected chi connectivity index (χ2v) is 7.52. The number of carbonyl (C=O) groups excluding carboxylic acids is 1. The average Bonchev–Trinajstić information content (AvgIpc) is 3.29. The Morgan fingerprint density at radius 3 is 3.17 bits per heavy atom. The molecule has 2 aliphatic rings. The minimum atomic E-state index is -0.147. The second kappa shape index (κ2) is 6.11. The van der Waals surface area contributed by atoms with Gasteiger partial charge in [0.2, 0.25) is 0 Å². The first-order chi connectivity index (χ1) is 11.3. The first-order valence-electron chi connectivity index (χ1n) is 7.89. The number of hydrogen-bond donors (Lipinski definition) is 1. The molecule has 1 N–H and O–H groups in total. The van der Waals surface area contributed by atoms with Gasteiger partial charge in [0, 0.05) is 42.4 Å². The van der Waals surface area contributed by atoms with Gasteiger partial charge in [-0.1, -0.05) is 6.07 Å². The topological polar surface area (TPSA) is 54.7 Å². The molecule has 23 heavy (non-hydrogen) atoms. The van der Waals surface area contributed by atoms with Crippen molar-refractivity contribution in [1.82, 2.24) is 10.2 Å². The van der Waals surface area contributed by atoms with Crippen LogP contribution in [-0.2, 0) is 11.3 Å². The molecular weight excluding hydrogens is 312 g/mol. The van der Waals surface area contributed by atoms with Gasteiger partial charge in [0.05, 0.1) is 19.5 Å². The van der Waals surface area contributed by atoms with Crippen molar-refractivity contribution in [3.8, 4) is 0 Å². The van der Waals surface area contributed by atoms with Crippen LogP contribution in [0.5, 0.6) is 0 Å². The molecule has 0 unspecified atom stereocenters. The van der Waals surface area contributed by atoms with Crippen LogP contribution in [0.1, 0.15) is 15.4 Å². The largest absolute Gasteiger partial charge is 0.459 e. The third-order valence-electron chi connectivity index (χ3n) is 4.90. The Balaban J connectivity index is 1.40. The van der Waals surface area contributed by atoms with E-state index in [-0.39, 0.29) is 11.3 Å². The maximum atomic E-state index is 12.1. The molecule has 0 spiro atoms. The lowest BCUT2D eigenvalue weighted by Crippen LogP contribution is -2.43. The predicted octanol–water partition coefficient (Wildman–Crippen LogP) is 2.22. The fraction of sp³-hybridized carbons (Fsp3) is 0.471. The highest BCUT2D eigenvalue weighted by molar-refractivity contribution is 7.09. The van der Waals surface area contributed by atoms with Crippen molar-refractivity contribution in [2.45, 2.75) is 6.54 Å². The van der Waals surface area contributed by atoms with Gasteiger partial charge in [-0.2, -0.15) is 0 Å². The first kappa shape index (κ1) is 14.9. The van der Waals surface area contributed by atoms with Crippen molar-refractivity contribution in [3.63, 3.8) is 0 Å². The zero-order valence-corrected chi connectivity index (χ0v) is 13.7. The molecule has 0 aromatic carbocycles. The van der Waals surface area contributed by atoms with E-state index < -0.39 is 0 Å². The van der Waals surface area contributed by atoms with Gasteiger partial charge in [0.25, 0.3) is 5.91 Å². The van der Waals surface area contributed by atoms with Crippen LogP contribution in [0.4, 0.5) is 0 Å². The molecule has 4 rings (SSSR count). The lowest BCUT2D eigenvalue weighted by molar-refractivity contribution is 0.0878. The second-order valence-electron chi connectivity index (χ2n) is 6.48. The molecule has 122 valence electrons. The van der Waals surface area contributed by atoms with Gasteiger partial charge in [0.1, 0.15) is 0 Å². The zero-order valence-electron chi connectivity index (χ0n) is 12.9. The SMILES string of the molecule is O=C(NC[C@]12COC[C@H]1CN(Cc1cccs1)C2)c1ccco1. The summed E-state index contributed by atoms with van der Waals surface area (Å²) in [6.45, 7) is 5.14. The van der Waals surface area contributed by atoms with E-state index in [9.17, 15) is 4.79 Å². The lowest BCUT2D eigenvalue weighted by atomic mass is 9.81. The number of fused-ring (bicyclic) bond motifs is 1. The van der Waals surface area contributed by atoms with E-state index in [4.69, 9.17) is 9.15 Å². The maximum absolute atomic E-state index is 12.1. The molecule has 2 fully saturated rings. The third kappa shape index (κ3) is 2.94. The van der Waals surface area contributed by atoms with Crippen molar-refractivity contribution in [3.05, 3.63) is 46.5 Å². The zero-order chi connectivity index (χ0) is 15.7. The molecule has 5 nitrogen and oxygen atoms in total. The maximum Gasteiger partial charge on any atom is 0.286 e. The number of furan rings is 1. The minimum absolute atomic E-state index is 0.0273. The summed E-state index contributed by atoms with van der Waals surface area (Å²) in [5.74, 6) is 0.705. The van der Waals surface area contributed by atoms with Crippen LogP contribution in [0, 0.1) is 11.3 Å². The molecule has 0 bridgehead atoms. The molecule has 0 saturated carbocycles.